The minimum Gasteiger partial charge on any atom is -0.360 e. The van der Waals surface area contributed by atoms with Gasteiger partial charge in [0.25, 0.3) is 0 Å². The quantitative estimate of drug-likeness (QED) is 0.925. The van der Waals surface area contributed by atoms with E-state index in [2.05, 4.69) is 30.6 Å². The van der Waals surface area contributed by atoms with Gasteiger partial charge in [0.15, 0.2) is 5.76 Å². The van der Waals surface area contributed by atoms with Crippen molar-refractivity contribution < 1.29 is 12.9 Å². The van der Waals surface area contributed by atoms with Crippen molar-refractivity contribution in [3.63, 3.8) is 0 Å². The molecule has 2 rings (SSSR count). The first kappa shape index (κ1) is 17.7. The van der Waals surface area contributed by atoms with Gasteiger partial charge in [-0.1, -0.05) is 50.2 Å². The van der Waals surface area contributed by atoms with Crippen LogP contribution in [0.1, 0.15) is 56.3 Å². The van der Waals surface area contributed by atoms with Gasteiger partial charge in [0, 0.05) is 6.04 Å². The van der Waals surface area contributed by atoms with Crippen molar-refractivity contribution in [2.75, 3.05) is 0 Å². The Labute approximate surface area is 138 Å². The number of aromatic nitrogens is 1. The van der Waals surface area contributed by atoms with Crippen LogP contribution in [0, 0.1) is 13.8 Å². The number of hydrogen-bond acceptors (Lipinski definition) is 4. The van der Waals surface area contributed by atoms with E-state index in [-0.39, 0.29) is 16.4 Å². The van der Waals surface area contributed by atoms with Crippen molar-refractivity contribution in [1.29, 1.82) is 0 Å². The van der Waals surface area contributed by atoms with Crippen LogP contribution in [0.5, 0.6) is 0 Å². The lowest BCUT2D eigenvalue weighted by Crippen LogP contribution is -2.27. The molecule has 0 aliphatic rings. The summed E-state index contributed by atoms with van der Waals surface area (Å²) in [4.78, 5) is 0.121. The molecule has 0 unspecified atom stereocenters. The highest BCUT2D eigenvalue weighted by atomic mass is 32.2. The molecule has 5 nitrogen and oxygen atoms in total. The molecule has 6 heteroatoms. The fraction of sp³-hybridized carbons (Fsp3) is 0.471. The topological polar surface area (TPSA) is 72.2 Å². The molecule has 23 heavy (non-hydrogen) atoms. The van der Waals surface area contributed by atoms with Crippen LogP contribution in [0.15, 0.2) is 33.7 Å². The molecule has 1 aromatic heterocycles. The lowest BCUT2D eigenvalue weighted by atomic mass is 9.86. The van der Waals surface area contributed by atoms with Crippen LogP contribution in [0.2, 0.25) is 0 Å². The highest BCUT2D eigenvalue weighted by Gasteiger charge is 2.26. The highest BCUT2D eigenvalue weighted by molar-refractivity contribution is 7.89. The van der Waals surface area contributed by atoms with Gasteiger partial charge in [-0.25, -0.2) is 13.1 Å². The predicted octanol–water partition coefficient (Wildman–Crippen LogP) is 3.63. The number of aryl methyl sites for hydroxylation is 2. The smallest absolute Gasteiger partial charge is 0.246 e. The molecular formula is C17H24N2O3S. The third kappa shape index (κ3) is 3.82. The first-order valence-electron chi connectivity index (χ1n) is 7.58. The minimum atomic E-state index is -3.67. The Kier molecular flexibility index (Phi) is 4.69. The second kappa shape index (κ2) is 6.09. The molecule has 0 aliphatic heterocycles. The Bertz CT molecular complexity index is 765. The summed E-state index contributed by atoms with van der Waals surface area (Å²) in [5, 5.41) is 3.71. The van der Waals surface area contributed by atoms with E-state index in [9.17, 15) is 8.42 Å². The van der Waals surface area contributed by atoms with Crippen LogP contribution < -0.4 is 4.72 Å². The van der Waals surface area contributed by atoms with Gasteiger partial charge in [0.05, 0.1) is 0 Å². The van der Waals surface area contributed by atoms with Gasteiger partial charge >= 0.3 is 0 Å². The van der Waals surface area contributed by atoms with Crippen LogP contribution in [0.3, 0.4) is 0 Å². The summed E-state index contributed by atoms with van der Waals surface area (Å²) in [6, 6.07) is 7.65. The summed E-state index contributed by atoms with van der Waals surface area (Å²) in [5.41, 5.74) is 2.55. The lowest BCUT2D eigenvalue weighted by Gasteiger charge is -2.20. The third-order valence-corrected chi connectivity index (χ3v) is 5.63. The summed E-state index contributed by atoms with van der Waals surface area (Å²) in [5.74, 6) is 0.297. The van der Waals surface area contributed by atoms with E-state index in [1.54, 1.807) is 13.8 Å². The van der Waals surface area contributed by atoms with E-state index in [0.29, 0.717) is 11.5 Å². The highest BCUT2D eigenvalue weighted by Crippen LogP contribution is 2.25. The van der Waals surface area contributed by atoms with Gasteiger partial charge in [-0.2, -0.15) is 0 Å². The van der Waals surface area contributed by atoms with Crippen molar-refractivity contribution in [1.82, 2.24) is 9.88 Å². The fourth-order valence-corrected chi connectivity index (χ4v) is 4.05. The van der Waals surface area contributed by atoms with Gasteiger partial charge in [0.1, 0.15) is 10.6 Å². The van der Waals surface area contributed by atoms with Crippen molar-refractivity contribution >= 4 is 10.0 Å². The van der Waals surface area contributed by atoms with Gasteiger partial charge in [-0.3, -0.25) is 0 Å². The third-order valence-electron chi connectivity index (χ3n) is 3.85. The van der Waals surface area contributed by atoms with Crippen molar-refractivity contribution in [2.45, 2.75) is 57.9 Å². The molecule has 1 aromatic carbocycles. The second-order valence-electron chi connectivity index (χ2n) is 6.87. The van der Waals surface area contributed by atoms with E-state index in [1.165, 1.54) is 5.56 Å². The fourth-order valence-electron chi connectivity index (χ4n) is 2.49. The molecule has 1 atom stereocenters. The molecule has 0 saturated heterocycles. The van der Waals surface area contributed by atoms with E-state index in [0.717, 1.165) is 5.56 Å². The normalized spacial score (nSPS) is 14.0. The molecule has 0 radical (unpaired) electrons. The predicted molar refractivity (Wildman–Crippen MR) is 89.9 cm³/mol. The summed E-state index contributed by atoms with van der Waals surface area (Å²) < 4.78 is 32.7. The molecule has 126 valence electrons. The number of hydrogen-bond donors (Lipinski definition) is 1. The Morgan fingerprint density at radius 2 is 1.70 bits per heavy atom. The summed E-state index contributed by atoms with van der Waals surface area (Å²) in [6.45, 7) is 11.5. The zero-order valence-electron chi connectivity index (χ0n) is 14.5. The Hall–Kier alpha value is -1.66. The average molecular weight is 336 g/mol. The SMILES string of the molecule is Cc1noc(C)c1S(=O)(=O)N[C@H](C)c1ccc(C(C)(C)C)cc1. The van der Waals surface area contributed by atoms with Crippen molar-refractivity contribution in [3.8, 4) is 0 Å². The molecular weight excluding hydrogens is 312 g/mol. The minimum absolute atomic E-state index is 0.0674. The van der Waals surface area contributed by atoms with E-state index in [4.69, 9.17) is 4.52 Å². The number of nitrogens with one attached hydrogen (secondary N) is 1. The second-order valence-corrected chi connectivity index (χ2v) is 8.52. The van der Waals surface area contributed by atoms with Crippen molar-refractivity contribution in [2.24, 2.45) is 0 Å². The molecule has 0 spiro atoms. The molecule has 0 fully saturated rings. The molecule has 0 saturated carbocycles. The van der Waals surface area contributed by atoms with Crippen LogP contribution in [-0.2, 0) is 15.4 Å². The molecule has 2 aromatic rings. The molecule has 0 amide bonds. The van der Waals surface area contributed by atoms with Gasteiger partial charge in [0.2, 0.25) is 10.0 Å². The van der Waals surface area contributed by atoms with E-state index < -0.39 is 10.0 Å². The molecule has 0 bridgehead atoms. The van der Waals surface area contributed by atoms with Crippen LogP contribution in [0.25, 0.3) is 0 Å². The van der Waals surface area contributed by atoms with E-state index >= 15 is 0 Å². The van der Waals surface area contributed by atoms with E-state index in [1.807, 2.05) is 31.2 Å². The number of nitrogens with zero attached hydrogens (tertiary/aromatic N) is 1. The number of rotatable bonds is 4. The first-order valence-corrected chi connectivity index (χ1v) is 9.06. The summed E-state index contributed by atoms with van der Waals surface area (Å²) >= 11 is 0. The van der Waals surface area contributed by atoms with Gasteiger partial charge in [-0.15, -0.1) is 0 Å². The van der Waals surface area contributed by atoms with Crippen molar-refractivity contribution in [3.05, 3.63) is 46.8 Å². The lowest BCUT2D eigenvalue weighted by molar-refractivity contribution is 0.390. The number of sulfonamides is 1. The van der Waals surface area contributed by atoms with Gasteiger partial charge < -0.3 is 4.52 Å². The molecule has 1 N–H and O–H groups in total. The number of benzene rings is 1. The molecule has 0 aliphatic carbocycles. The van der Waals surface area contributed by atoms with Crippen LogP contribution in [-0.4, -0.2) is 13.6 Å². The maximum Gasteiger partial charge on any atom is 0.246 e. The standard InChI is InChI=1S/C17H24N2O3S/c1-11(14-7-9-15(10-8-14)17(4,5)6)19-23(20,21)16-12(2)18-22-13(16)3/h7-11,19H,1-6H3/t11-/m1/s1. The van der Waals surface area contributed by atoms with Crippen LogP contribution in [0.4, 0.5) is 0 Å². The zero-order valence-corrected chi connectivity index (χ0v) is 15.3. The first-order chi connectivity index (χ1) is 10.5. The summed E-state index contributed by atoms with van der Waals surface area (Å²) in [7, 11) is -3.67. The Morgan fingerprint density at radius 1 is 1.13 bits per heavy atom. The monoisotopic (exact) mass is 336 g/mol. The molecule has 1 heterocycles. The maximum absolute atomic E-state index is 12.5. The maximum atomic E-state index is 12.5. The Balaban J connectivity index is 2.23. The average Bonchev–Trinajstić information content (AvgIpc) is 2.77. The summed E-state index contributed by atoms with van der Waals surface area (Å²) in [6.07, 6.45) is 0. The van der Waals surface area contributed by atoms with Gasteiger partial charge in [-0.05, 0) is 37.3 Å². The van der Waals surface area contributed by atoms with Crippen LogP contribution >= 0.6 is 0 Å². The Morgan fingerprint density at radius 3 is 2.13 bits per heavy atom. The largest absolute Gasteiger partial charge is 0.360 e. The zero-order chi connectivity index (χ0) is 17.4.